The molecule has 24 heavy (non-hydrogen) atoms. The molecule has 1 amide bonds. The first kappa shape index (κ1) is 18.0. The lowest BCUT2D eigenvalue weighted by Gasteiger charge is -2.19. The number of carboxylic acids is 1. The largest absolute Gasteiger partial charge is 0.493 e. The summed E-state index contributed by atoms with van der Waals surface area (Å²) in [6, 6.07) is 1.34. The number of amides is 1. The molecule has 10 heteroatoms. The van der Waals surface area contributed by atoms with E-state index in [-0.39, 0.29) is 0 Å². The van der Waals surface area contributed by atoms with Gasteiger partial charge in [-0.05, 0) is 12.1 Å². The van der Waals surface area contributed by atoms with Crippen LogP contribution in [0.2, 0.25) is 0 Å². The van der Waals surface area contributed by atoms with Gasteiger partial charge in [0.15, 0.2) is 11.6 Å². The summed E-state index contributed by atoms with van der Waals surface area (Å²) in [7, 11) is 0.969. The molecule has 0 radical (unpaired) electrons. The van der Waals surface area contributed by atoms with Crippen molar-refractivity contribution < 1.29 is 41.4 Å². The van der Waals surface area contributed by atoms with Crippen LogP contribution in [0.25, 0.3) is 0 Å². The van der Waals surface area contributed by atoms with Crippen molar-refractivity contribution in [3.63, 3.8) is 0 Å². The predicted octanol–water partition coefficient (Wildman–Crippen LogP) is 2.31. The Bertz CT molecular complexity index is 676. The maximum Gasteiger partial charge on any atom is 0.394 e. The van der Waals surface area contributed by atoms with Gasteiger partial charge in [0.05, 0.1) is 18.9 Å². The Hall–Kier alpha value is -2.39. The minimum Gasteiger partial charge on any atom is -0.493 e. The molecular formula is C14H12F5NO4. The number of carboxylic acid groups (broad SMARTS) is 1. The second kappa shape index (κ2) is 6.25. The van der Waals surface area contributed by atoms with Crippen molar-refractivity contribution in [2.24, 2.45) is 11.8 Å². The molecule has 0 aliphatic carbocycles. The maximum atomic E-state index is 13.9. The highest BCUT2D eigenvalue weighted by atomic mass is 19.4. The van der Waals surface area contributed by atoms with Crippen molar-refractivity contribution in [3.05, 3.63) is 29.3 Å². The Balaban J connectivity index is 2.39. The first-order chi connectivity index (χ1) is 11.1. The molecule has 1 heterocycles. The molecular weight excluding hydrogens is 341 g/mol. The molecule has 1 fully saturated rings. The summed E-state index contributed by atoms with van der Waals surface area (Å²) in [5, 5.41) is 8.92. The third-order valence-corrected chi connectivity index (χ3v) is 3.82. The van der Waals surface area contributed by atoms with Crippen LogP contribution in [0.1, 0.15) is 10.4 Å². The number of hydrogen-bond acceptors (Lipinski definition) is 3. The number of nitrogens with zero attached hydrogens (tertiary/aromatic N) is 1. The number of aliphatic carboxylic acids is 1. The fourth-order valence-electron chi connectivity index (χ4n) is 2.64. The average molecular weight is 353 g/mol. The lowest BCUT2D eigenvalue weighted by atomic mass is 9.96. The number of halogens is 5. The highest BCUT2D eigenvalue weighted by Crippen LogP contribution is 2.39. The van der Waals surface area contributed by atoms with Gasteiger partial charge >= 0.3 is 12.1 Å². The Kier molecular flexibility index (Phi) is 4.68. The molecule has 2 rings (SSSR count). The van der Waals surface area contributed by atoms with Crippen molar-refractivity contribution in [1.29, 1.82) is 0 Å². The van der Waals surface area contributed by atoms with E-state index in [1.54, 1.807) is 0 Å². The third kappa shape index (κ3) is 3.13. The number of likely N-dealkylation sites (tertiary alicyclic amines) is 1. The molecule has 1 aromatic rings. The van der Waals surface area contributed by atoms with E-state index in [4.69, 9.17) is 5.11 Å². The standard InChI is InChI=1S/C14H12F5NO4/c1-24-11-9(16)3-2-8(15)10(11)12(21)20-4-6(13(22)23)7(5-20)14(17,18)19/h2-3,6-7H,4-5H2,1H3,(H,22,23)/t6-,7-/m1/s1. The van der Waals surface area contributed by atoms with Crippen LogP contribution in [0.15, 0.2) is 12.1 Å². The lowest BCUT2D eigenvalue weighted by Crippen LogP contribution is -2.34. The smallest absolute Gasteiger partial charge is 0.394 e. The zero-order valence-electron chi connectivity index (χ0n) is 12.2. The zero-order chi connectivity index (χ0) is 18.2. The van der Waals surface area contributed by atoms with Crippen LogP contribution in [-0.4, -0.2) is 48.3 Å². The Labute approximate surface area is 132 Å². The molecule has 1 N–H and O–H groups in total. The van der Waals surface area contributed by atoms with E-state index in [1.807, 2.05) is 0 Å². The van der Waals surface area contributed by atoms with Gasteiger partial charge in [0, 0.05) is 13.1 Å². The number of hydrogen-bond donors (Lipinski definition) is 1. The topological polar surface area (TPSA) is 66.8 Å². The van der Waals surface area contributed by atoms with E-state index >= 15 is 0 Å². The quantitative estimate of drug-likeness (QED) is 0.847. The number of carbonyl (C=O) groups excluding carboxylic acids is 1. The minimum atomic E-state index is -4.84. The predicted molar refractivity (Wildman–Crippen MR) is 69.5 cm³/mol. The average Bonchev–Trinajstić information content (AvgIpc) is 2.94. The molecule has 0 aromatic heterocycles. The molecule has 0 spiro atoms. The van der Waals surface area contributed by atoms with E-state index < -0.39 is 65.9 Å². The summed E-state index contributed by atoms with van der Waals surface area (Å²) in [6.07, 6.45) is -4.84. The van der Waals surface area contributed by atoms with Gasteiger partial charge in [-0.3, -0.25) is 9.59 Å². The lowest BCUT2D eigenvalue weighted by molar-refractivity contribution is -0.187. The molecule has 1 aliphatic heterocycles. The molecule has 0 saturated carbocycles. The zero-order valence-corrected chi connectivity index (χ0v) is 12.2. The number of alkyl halides is 3. The van der Waals surface area contributed by atoms with Gasteiger partial charge in [-0.15, -0.1) is 0 Å². The molecule has 0 unspecified atom stereocenters. The van der Waals surface area contributed by atoms with E-state index in [2.05, 4.69) is 4.74 Å². The normalized spacial score (nSPS) is 21.0. The van der Waals surface area contributed by atoms with Gasteiger partial charge in [-0.25, -0.2) is 8.78 Å². The van der Waals surface area contributed by atoms with E-state index in [1.165, 1.54) is 0 Å². The fraction of sp³-hybridized carbons (Fsp3) is 0.429. The number of rotatable bonds is 3. The van der Waals surface area contributed by atoms with Crippen LogP contribution in [-0.2, 0) is 4.79 Å². The molecule has 0 bridgehead atoms. The Morgan fingerprint density at radius 3 is 2.25 bits per heavy atom. The van der Waals surface area contributed by atoms with Crippen LogP contribution in [0.3, 0.4) is 0 Å². The number of methoxy groups -OCH3 is 1. The molecule has 1 aliphatic rings. The summed E-state index contributed by atoms with van der Waals surface area (Å²) < 4.78 is 70.9. The van der Waals surface area contributed by atoms with E-state index in [0.29, 0.717) is 17.0 Å². The number of ether oxygens (including phenoxy) is 1. The number of carbonyl (C=O) groups is 2. The second-order valence-electron chi connectivity index (χ2n) is 5.24. The van der Waals surface area contributed by atoms with Gasteiger partial charge in [0.2, 0.25) is 0 Å². The van der Waals surface area contributed by atoms with Crippen molar-refractivity contribution >= 4 is 11.9 Å². The van der Waals surface area contributed by atoms with Crippen molar-refractivity contribution in [2.45, 2.75) is 6.18 Å². The summed E-state index contributed by atoms with van der Waals surface area (Å²) >= 11 is 0. The van der Waals surface area contributed by atoms with Crippen LogP contribution >= 0.6 is 0 Å². The van der Waals surface area contributed by atoms with E-state index in [9.17, 15) is 31.5 Å². The fourth-order valence-corrected chi connectivity index (χ4v) is 2.64. The van der Waals surface area contributed by atoms with Crippen LogP contribution in [0, 0.1) is 23.5 Å². The highest BCUT2D eigenvalue weighted by molar-refractivity contribution is 5.98. The molecule has 132 valence electrons. The highest BCUT2D eigenvalue weighted by Gasteiger charge is 2.53. The molecule has 5 nitrogen and oxygen atoms in total. The number of benzene rings is 1. The first-order valence-corrected chi connectivity index (χ1v) is 6.68. The molecule has 1 aromatic carbocycles. The SMILES string of the molecule is COc1c(F)ccc(F)c1C(=O)N1C[C@@H](C(F)(F)F)[C@H](C(=O)O)C1. The van der Waals surface area contributed by atoms with Gasteiger partial charge in [0.25, 0.3) is 5.91 Å². The van der Waals surface area contributed by atoms with Crippen LogP contribution in [0.5, 0.6) is 5.75 Å². The molecule has 2 atom stereocenters. The second-order valence-corrected chi connectivity index (χ2v) is 5.24. The summed E-state index contributed by atoms with van der Waals surface area (Å²) in [4.78, 5) is 23.9. The van der Waals surface area contributed by atoms with E-state index in [0.717, 1.165) is 7.11 Å². The van der Waals surface area contributed by atoms with Gasteiger partial charge in [-0.2, -0.15) is 13.2 Å². The monoisotopic (exact) mass is 353 g/mol. The van der Waals surface area contributed by atoms with Crippen LogP contribution < -0.4 is 4.74 Å². The summed E-state index contributed by atoms with van der Waals surface area (Å²) in [5.41, 5.74) is -0.871. The minimum absolute atomic E-state index is 0.539. The Morgan fingerprint density at radius 2 is 1.79 bits per heavy atom. The molecule has 1 saturated heterocycles. The maximum absolute atomic E-state index is 13.9. The third-order valence-electron chi connectivity index (χ3n) is 3.82. The van der Waals surface area contributed by atoms with Gasteiger partial charge < -0.3 is 14.7 Å². The Morgan fingerprint density at radius 1 is 1.21 bits per heavy atom. The van der Waals surface area contributed by atoms with Crippen LogP contribution in [0.4, 0.5) is 22.0 Å². The van der Waals surface area contributed by atoms with Gasteiger partial charge in [-0.1, -0.05) is 0 Å². The van der Waals surface area contributed by atoms with Crippen molar-refractivity contribution in [2.75, 3.05) is 20.2 Å². The van der Waals surface area contributed by atoms with Crippen molar-refractivity contribution in [3.8, 4) is 5.75 Å². The first-order valence-electron chi connectivity index (χ1n) is 6.68. The van der Waals surface area contributed by atoms with Crippen molar-refractivity contribution in [1.82, 2.24) is 4.90 Å². The summed E-state index contributed by atoms with van der Waals surface area (Å²) in [6.45, 7) is -1.73. The van der Waals surface area contributed by atoms with Gasteiger partial charge in [0.1, 0.15) is 11.4 Å². The summed E-state index contributed by atoms with van der Waals surface area (Å²) in [5.74, 6) is -10.1.